The Morgan fingerprint density at radius 3 is 2.57 bits per heavy atom. The molecule has 0 unspecified atom stereocenters. The lowest BCUT2D eigenvalue weighted by Gasteiger charge is -2.27. The van der Waals surface area contributed by atoms with Crippen molar-refractivity contribution in [3.63, 3.8) is 0 Å². The largest absolute Gasteiger partial charge is 0.399 e. The van der Waals surface area contributed by atoms with Crippen molar-refractivity contribution in [3.05, 3.63) is 48.2 Å². The molecule has 1 saturated heterocycles. The molecule has 2 aromatic rings. The maximum absolute atomic E-state index is 12.1. The monoisotopic (exact) mass is 312 g/mol. The molecule has 0 radical (unpaired) electrons. The molecule has 0 spiro atoms. The first kappa shape index (κ1) is 15.3. The second-order valence-electron chi connectivity index (χ2n) is 5.47. The first-order valence-corrected chi connectivity index (χ1v) is 7.64. The minimum Gasteiger partial charge on any atom is -0.399 e. The SMILES string of the molecule is Nc1ccc(CC(=O)Nc2ccc(N3CCOCC3)nc2)cc1. The fraction of sp³-hybridized carbons (Fsp3) is 0.294. The summed E-state index contributed by atoms with van der Waals surface area (Å²) in [5.74, 6) is 0.834. The summed E-state index contributed by atoms with van der Waals surface area (Å²) in [6, 6.07) is 11.1. The van der Waals surface area contributed by atoms with E-state index in [4.69, 9.17) is 10.5 Å². The van der Waals surface area contributed by atoms with Crippen LogP contribution in [0.1, 0.15) is 5.56 Å². The summed E-state index contributed by atoms with van der Waals surface area (Å²) in [6.45, 7) is 3.13. The number of hydrogen-bond donors (Lipinski definition) is 2. The molecule has 0 bridgehead atoms. The van der Waals surface area contributed by atoms with Gasteiger partial charge in [-0.05, 0) is 29.8 Å². The fourth-order valence-electron chi connectivity index (χ4n) is 2.47. The van der Waals surface area contributed by atoms with Gasteiger partial charge < -0.3 is 20.7 Å². The first-order valence-electron chi connectivity index (χ1n) is 7.64. The number of nitrogens with zero attached hydrogens (tertiary/aromatic N) is 2. The van der Waals surface area contributed by atoms with E-state index in [1.807, 2.05) is 24.3 Å². The van der Waals surface area contributed by atoms with E-state index < -0.39 is 0 Å². The van der Waals surface area contributed by atoms with Crippen LogP contribution in [0.4, 0.5) is 17.2 Å². The zero-order valence-electron chi connectivity index (χ0n) is 12.9. The molecular weight excluding hydrogens is 292 g/mol. The maximum Gasteiger partial charge on any atom is 0.228 e. The summed E-state index contributed by atoms with van der Waals surface area (Å²) in [5.41, 5.74) is 7.95. The summed E-state index contributed by atoms with van der Waals surface area (Å²) in [4.78, 5) is 18.6. The van der Waals surface area contributed by atoms with Gasteiger partial charge in [0, 0.05) is 18.8 Å². The Bertz CT molecular complexity index is 649. The number of aromatic nitrogens is 1. The normalized spacial score (nSPS) is 14.5. The van der Waals surface area contributed by atoms with E-state index in [0.717, 1.165) is 37.7 Å². The van der Waals surface area contributed by atoms with Crippen molar-refractivity contribution < 1.29 is 9.53 Å². The van der Waals surface area contributed by atoms with Crippen molar-refractivity contribution in [1.82, 2.24) is 4.98 Å². The number of pyridine rings is 1. The highest BCUT2D eigenvalue weighted by atomic mass is 16.5. The van der Waals surface area contributed by atoms with Gasteiger partial charge in [0.1, 0.15) is 5.82 Å². The average Bonchev–Trinajstić information content (AvgIpc) is 2.58. The lowest BCUT2D eigenvalue weighted by atomic mass is 10.1. The number of nitrogens with two attached hydrogens (primary N) is 1. The molecule has 1 aromatic carbocycles. The number of nitrogens with one attached hydrogen (secondary N) is 1. The predicted octanol–water partition coefficient (Wildman–Crippen LogP) is 1.68. The predicted molar refractivity (Wildman–Crippen MR) is 90.5 cm³/mol. The Labute approximate surface area is 135 Å². The molecule has 2 heterocycles. The van der Waals surface area contributed by atoms with Gasteiger partial charge in [-0.3, -0.25) is 4.79 Å². The molecule has 1 aromatic heterocycles. The number of hydrogen-bond acceptors (Lipinski definition) is 5. The molecule has 3 N–H and O–H groups in total. The summed E-state index contributed by atoms with van der Waals surface area (Å²) < 4.78 is 5.33. The molecule has 0 aliphatic carbocycles. The summed E-state index contributed by atoms with van der Waals surface area (Å²) >= 11 is 0. The van der Waals surface area contributed by atoms with Gasteiger partial charge in [-0.25, -0.2) is 4.98 Å². The van der Waals surface area contributed by atoms with Gasteiger partial charge in [0.25, 0.3) is 0 Å². The van der Waals surface area contributed by atoms with E-state index in [2.05, 4.69) is 15.2 Å². The number of amides is 1. The molecule has 6 nitrogen and oxygen atoms in total. The molecule has 6 heteroatoms. The highest BCUT2D eigenvalue weighted by Gasteiger charge is 2.12. The van der Waals surface area contributed by atoms with Crippen molar-refractivity contribution in [2.24, 2.45) is 0 Å². The van der Waals surface area contributed by atoms with Gasteiger partial charge in [-0.15, -0.1) is 0 Å². The van der Waals surface area contributed by atoms with Crippen molar-refractivity contribution in [2.45, 2.75) is 6.42 Å². The van der Waals surface area contributed by atoms with Gasteiger partial charge in [-0.2, -0.15) is 0 Å². The maximum atomic E-state index is 12.1. The van der Waals surface area contributed by atoms with Crippen LogP contribution in [0, 0.1) is 0 Å². The zero-order valence-corrected chi connectivity index (χ0v) is 12.9. The van der Waals surface area contributed by atoms with Crippen LogP contribution in [-0.4, -0.2) is 37.2 Å². The van der Waals surface area contributed by atoms with Crippen LogP contribution in [0.5, 0.6) is 0 Å². The second kappa shape index (κ2) is 7.11. The number of morpholine rings is 1. The van der Waals surface area contributed by atoms with E-state index >= 15 is 0 Å². The van der Waals surface area contributed by atoms with Crippen LogP contribution in [-0.2, 0) is 16.0 Å². The van der Waals surface area contributed by atoms with Crippen LogP contribution in [0.15, 0.2) is 42.6 Å². The highest BCUT2D eigenvalue weighted by molar-refractivity contribution is 5.92. The summed E-state index contributed by atoms with van der Waals surface area (Å²) in [5, 5.41) is 2.86. The lowest BCUT2D eigenvalue weighted by Crippen LogP contribution is -2.36. The Morgan fingerprint density at radius 1 is 1.17 bits per heavy atom. The Morgan fingerprint density at radius 2 is 1.91 bits per heavy atom. The Kier molecular flexibility index (Phi) is 4.73. The van der Waals surface area contributed by atoms with Crippen LogP contribution >= 0.6 is 0 Å². The van der Waals surface area contributed by atoms with E-state index in [0.29, 0.717) is 17.8 Å². The van der Waals surface area contributed by atoms with Gasteiger partial charge >= 0.3 is 0 Å². The van der Waals surface area contributed by atoms with Gasteiger partial charge in [-0.1, -0.05) is 12.1 Å². The molecule has 0 saturated carbocycles. The van der Waals surface area contributed by atoms with Crippen LogP contribution in [0.25, 0.3) is 0 Å². The number of carbonyl (C=O) groups is 1. The molecule has 1 aliphatic rings. The molecule has 1 fully saturated rings. The molecule has 23 heavy (non-hydrogen) atoms. The molecule has 1 amide bonds. The third-order valence-electron chi connectivity index (χ3n) is 3.71. The van der Waals surface area contributed by atoms with Crippen LogP contribution in [0.2, 0.25) is 0 Å². The van der Waals surface area contributed by atoms with Crippen LogP contribution < -0.4 is 16.0 Å². The molecular formula is C17H20N4O2. The fourth-order valence-corrected chi connectivity index (χ4v) is 2.47. The summed E-state index contributed by atoms with van der Waals surface area (Å²) in [7, 11) is 0. The highest BCUT2D eigenvalue weighted by Crippen LogP contribution is 2.16. The number of benzene rings is 1. The van der Waals surface area contributed by atoms with Gasteiger partial charge in [0.05, 0.1) is 31.5 Å². The zero-order chi connectivity index (χ0) is 16.1. The molecule has 120 valence electrons. The third kappa shape index (κ3) is 4.20. The van der Waals surface area contributed by atoms with Crippen molar-refractivity contribution in [1.29, 1.82) is 0 Å². The van der Waals surface area contributed by atoms with Gasteiger partial charge in [0.15, 0.2) is 0 Å². The van der Waals surface area contributed by atoms with Crippen molar-refractivity contribution in [2.75, 3.05) is 42.3 Å². The first-order chi connectivity index (χ1) is 11.2. The van der Waals surface area contributed by atoms with E-state index in [9.17, 15) is 4.79 Å². The second-order valence-corrected chi connectivity index (χ2v) is 5.47. The Hall–Kier alpha value is -2.60. The van der Waals surface area contributed by atoms with E-state index in [1.54, 1.807) is 18.3 Å². The van der Waals surface area contributed by atoms with Crippen LogP contribution in [0.3, 0.4) is 0 Å². The number of carbonyl (C=O) groups excluding carboxylic acids is 1. The number of ether oxygens (including phenoxy) is 1. The smallest absolute Gasteiger partial charge is 0.228 e. The standard InChI is InChI=1S/C17H20N4O2/c18-14-3-1-13(2-4-14)11-17(22)20-15-5-6-16(19-12-15)21-7-9-23-10-8-21/h1-6,12H,7-11,18H2,(H,20,22). The number of anilines is 3. The topological polar surface area (TPSA) is 80.5 Å². The van der Waals surface area contributed by atoms with E-state index in [1.165, 1.54) is 0 Å². The van der Waals surface area contributed by atoms with E-state index in [-0.39, 0.29) is 5.91 Å². The number of nitrogen functional groups attached to an aromatic ring is 1. The molecule has 3 rings (SSSR count). The summed E-state index contributed by atoms with van der Waals surface area (Å²) in [6.07, 6.45) is 2.00. The minimum absolute atomic E-state index is 0.0734. The Balaban J connectivity index is 1.57. The number of rotatable bonds is 4. The van der Waals surface area contributed by atoms with Gasteiger partial charge in [0.2, 0.25) is 5.91 Å². The quantitative estimate of drug-likeness (QED) is 0.840. The molecule has 1 aliphatic heterocycles. The average molecular weight is 312 g/mol. The van der Waals surface area contributed by atoms with Crippen molar-refractivity contribution >= 4 is 23.1 Å². The lowest BCUT2D eigenvalue weighted by molar-refractivity contribution is -0.115. The van der Waals surface area contributed by atoms with Crippen molar-refractivity contribution in [3.8, 4) is 0 Å². The molecule has 0 atom stereocenters. The third-order valence-corrected chi connectivity index (χ3v) is 3.71. The minimum atomic E-state index is -0.0734.